The molecule has 14 heavy (non-hydrogen) atoms. The molecule has 2 unspecified atom stereocenters. The Balaban J connectivity index is 1.76. The molecular weight excluding hydrogens is 178 g/mol. The molecule has 0 spiro atoms. The third kappa shape index (κ3) is 2.69. The van der Waals surface area contributed by atoms with Crippen LogP contribution in [0.3, 0.4) is 0 Å². The first-order chi connectivity index (χ1) is 6.86. The highest BCUT2D eigenvalue weighted by molar-refractivity contribution is 4.78. The maximum absolute atomic E-state index is 9.84. The van der Waals surface area contributed by atoms with Crippen LogP contribution in [0, 0.1) is 5.92 Å². The lowest BCUT2D eigenvalue weighted by Crippen LogP contribution is -2.42. The normalized spacial score (nSPS) is 35.8. The van der Waals surface area contributed by atoms with Gasteiger partial charge >= 0.3 is 0 Å². The number of hydrogen-bond donors (Lipinski definition) is 1. The monoisotopic (exact) mass is 199 g/mol. The van der Waals surface area contributed by atoms with Gasteiger partial charge in [0.15, 0.2) is 0 Å². The molecule has 1 saturated carbocycles. The Morgan fingerprint density at radius 3 is 2.57 bits per heavy atom. The van der Waals surface area contributed by atoms with Crippen LogP contribution in [0.4, 0.5) is 0 Å². The number of aliphatic hydroxyl groups excluding tert-OH is 1. The van der Waals surface area contributed by atoms with E-state index in [-0.39, 0.29) is 6.10 Å². The van der Waals surface area contributed by atoms with E-state index in [1.54, 1.807) is 0 Å². The number of morpholine rings is 1. The van der Waals surface area contributed by atoms with E-state index in [1.165, 1.54) is 19.3 Å². The van der Waals surface area contributed by atoms with Crippen LogP contribution < -0.4 is 0 Å². The molecule has 82 valence electrons. The average Bonchev–Trinajstić information content (AvgIpc) is 2.23. The molecule has 0 aromatic carbocycles. The second-order valence-electron chi connectivity index (χ2n) is 4.52. The Morgan fingerprint density at radius 2 is 1.86 bits per heavy atom. The SMILES string of the molecule is OC1CCCCC1CN1CCOCC1. The van der Waals surface area contributed by atoms with Gasteiger partial charge in [-0.15, -0.1) is 0 Å². The van der Waals surface area contributed by atoms with Crippen molar-refractivity contribution >= 4 is 0 Å². The van der Waals surface area contributed by atoms with Crippen molar-refractivity contribution in [3.63, 3.8) is 0 Å². The summed E-state index contributed by atoms with van der Waals surface area (Å²) in [5.74, 6) is 0.516. The lowest BCUT2D eigenvalue weighted by atomic mass is 9.86. The highest BCUT2D eigenvalue weighted by atomic mass is 16.5. The van der Waals surface area contributed by atoms with E-state index in [9.17, 15) is 5.11 Å². The molecule has 2 rings (SSSR count). The van der Waals surface area contributed by atoms with E-state index in [1.807, 2.05) is 0 Å². The molecule has 1 aliphatic heterocycles. The molecule has 0 radical (unpaired) electrons. The van der Waals surface area contributed by atoms with E-state index in [4.69, 9.17) is 4.74 Å². The van der Waals surface area contributed by atoms with E-state index >= 15 is 0 Å². The molecule has 2 atom stereocenters. The second kappa shape index (κ2) is 5.10. The van der Waals surface area contributed by atoms with Gasteiger partial charge < -0.3 is 9.84 Å². The second-order valence-corrected chi connectivity index (χ2v) is 4.52. The van der Waals surface area contributed by atoms with Crippen molar-refractivity contribution in [3.05, 3.63) is 0 Å². The number of rotatable bonds is 2. The number of hydrogen-bond acceptors (Lipinski definition) is 3. The Bertz CT molecular complexity index is 169. The summed E-state index contributed by atoms with van der Waals surface area (Å²) in [4.78, 5) is 2.43. The molecule has 1 saturated heterocycles. The van der Waals surface area contributed by atoms with Gasteiger partial charge in [0.25, 0.3) is 0 Å². The fourth-order valence-electron chi connectivity index (χ4n) is 2.52. The van der Waals surface area contributed by atoms with Gasteiger partial charge in [-0.2, -0.15) is 0 Å². The quantitative estimate of drug-likeness (QED) is 0.716. The molecule has 1 N–H and O–H groups in total. The zero-order chi connectivity index (χ0) is 9.80. The zero-order valence-electron chi connectivity index (χ0n) is 8.82. The third-order valence-corrected chi connectivity index (χ3v) is 3.47. The van der Waals surface area contributed by atoms with E-state index in [0.717, 1.165) is 39.3 Å². The largest absolute Gasteiger partial charge is 0.393 e. The first-order valence-electron chi connectivity index (χ1n) is 5.84. The lowest BCUT2D eigenvalue weighted by molar-refractivity contribution is 0.00118. The zero-order valence-corrected chi connectivity index (χ0v) is 8.82. The summed E-state index contributed by atoms with van der Waals surface area (Å²) >= 11 is 0. The predicted octanol–water partition coefficient (Wildman–Crippen LogP) is 0.870. The summed E-state index contributed by atoms with van der Waals surface area (Å²) < 4.78 is 5.31. The number of ether oxygens (including phenoxy) is 1. The Labute approximate surface area is 86.0 Å². The molecule has 1 heterocycles. The van der Waals surface area contributed by atoms with Crippen molar-refractivity contribution in [1.82, 2.24) is 4.90 Å². The van der Waals surface area contributed by atoms with Gasteiger partial charge in [0.05, 0.1) is 19.3 Å². The van der Waals surface area contributed by atoms with Crippen molar-refractivity contribution < 1.29 is 9.84 Å². The van der Waals surface area contributed by atoms with Crippen molar-refractivity contribution in [2.75, 3.05) is 32.8 Å². The molecular formula is C11H21NO2. The van der Waals surface area contributed by atoms with Crippen molar-refractivity contribution in [2.24, 2.45) is 5.92 Å². The van der Waals surface area contributed by atoms with Gasteiger partial charge in [0.2, 0.25) is 0 Å². The van der Waals surface area contributed by atoms with Crippen LogP contribution in [0.15, 0.2) is 0 Å². The molecule has 0 bridgehead atoms. The molecule has 0 aromatic rings. The smallest absolute Gasteiger partial charge is 0.0594 e. The molecule has 3 heteroatoms. The van der Waals surface area contributed by atoms with Crippen molar-refractivity contribution in [1.29, 1.82) is 0 Å². The first kappa shape index (κ1) is 10.4. The van der Waals surface area contributed by atoms with Crippen LogP contribution in [-0.4, -0.2) is 49.0 Å². The molecule has 0 aromatic heterocycles. The Hall–Kier alpha value is -0.120. The Morgan fingerprint density at radius 1 is 1.14 bits per heavy atom. The summed E-state index contributed by atoms with van der Waals surface area (Å²) in [6.07, 6.45) is 4.67. The standard InChI is InChI=1S/C11H21NO2/c13-11-4-2-1-3-10(11)9-12-5-7-14-8-6-12/h10-11,13H,1-9H2. The van der Waals surface area contributed by atoms with Crippen LogP contribution in [0.1, 0.15) is 25.7 Å². The van der Waals surface area contributed by atoms with Gasteiger partial charge in [-0.3, -0.25) is 4.90 Å². The molecule has 1 aliphatic carbocycles. The van der Waals surface area contributed by atoms with Crippen molar-refractivity contribution in [3.8, 4) is 0 Å². The van der Waals surface area contributed by atoms with Crippen molar-refractivity contribution in [2.45, 2.75) is 31.8 Å². The molecule has 2 aliphatic rings. The van der Waals surface area contributed by atoms with E-state index in [0.29, 0.717) is 5.92 Å². The van der Waals surface area contributed by atoms with Gasteiger partial charge in [0, 0.05) is 19.6 Å². The minimum absolute atomic E-state index is 0.0494. The summed E-state index contributed by atoms with van der Waals surface area (Å²) in [6, 6.07) is 0. The fraction of sp³-hybridized carbons (Fsp3) is 1.00. The lowest BCUT2D eigenvalue weighted by Gasteiger charge is -2.34. The third-order valence-electron chi connectivity index (χ3n) is 3.47. The number of aliphatic hydroxyl groups is 1. The summed E-state index contributed by atoms with van der Waals surface area (Å²) in [5.41, 5.74) is 0. The van der Waals surface area contributed by atoms with E-state index < -0.39 is 0 Å². The van der Waals surface area contributed by atoms with Gasteiger partial charge in [0.1, 0.15) is 0 Å². The summed E-state index contributed by atoms with van der Waals surface area (Å²) in [6.45, 7) is 4.89. The maximum Gasteiger partial charge on any atom is 0.0594 e. The summed E-state index contributed by atoms with van der Waals surface area (Å²) in [7, 11) is 0. The number of nitrogens with zero attached hydrogens (tertiary/aromatic N) is 1. The van der Waals surface area contributed by atoms with E-state index in [2.05, 4.69) is 4.90 Å². The minimum atomic E-state index is -0.0494. The topological polar surface area (TPSA) is 32.7 Å². The van der Waals surface area contributed by atoms with Crippen LogP contribution in [0.25, 0.3) is 0 Å². The fourth-order valence-corrected chi connectivity index (χ4v) is 2.52. The highest BCUT2D eigenvalue weighted by Crippen LogP contribution is 2.25. The Kier molecular flexibility index (Phi) is 3.79. The van der Waals surface area contributed by atoms with Gasteiger partial charge in [-0.05, 0) is 18.8 Å². The molecule has 3 nitrogen and oxygen atoms in total. The first-order valence-corrected chi connectivity index (χ1v) is 5.84. The summed E-state index contributed by atoms with van der Waals surface area (Å²) in [5, 5.41) is 9.84. The van der Waals surface area contributed by atoms with Crippen LogP contribution in [0.2, 0.25) is 0 Å². The van der Waals surface area contributed by atoms with Crippen LogP contribution in [0.5, 0.6) is 0 Å². The highest BCUT2D eigenvalue weighted by Gasteiger charge is 2.25. The maximum atomic E-state index is 9.84. The van der Waals surface area contributed by atoms with Crippen LogP contribution >= 0.6 is 0 Å². The van der Waals surface area contributed by atoms with Crippen LogP contribution in [-0.2, 0) is 4.74 Å². The molecule has 0 amide bonds. The van der Waals surface area contributed by atoms with Gasteiger partial charge in [-0.1, -0.05) is 12.8 Å². The average molecular weight is 199 g/mol. The molecule has 2 fully saturated rings. The predicted molar refractivity (Wildman–Crippen MR) is 55.2 cm³/mol. The van der Waals surface area contributed by atoms with Gasteiger partial charge in [-0.25, -0.2) is 0 Å². The minimum Gasteiger partial charge on any atom is -0.393 e.